The van der Waals surface area contributed by atoms with Gasteiger partial charge >= 0.3 is 5.97 Å². The van der Waals surface area contributed by atoms with Crippen molar-refractivity contribution in [3.8, 4) is 22.8 Å². The average Bonchev–Trinajstić information content (AvgIpc) is 3.31. The summed E-state index contributed by atoms with van der Waals surface area (Å²) in [6.07, 6.45) is 3.16. The van der Waals surface area contributed by atoms with Gasteiger partial charge in [-0.2, -0.15) is 0 Å². The third-order valence-corrected chi connectivity index (χ3v) is 5.89. The van der Waals surface area contributed by atoms with Gasteiger partial charge in [0.05, 0.1) is 23.9 Å². The van der Waals surface area contributed by atoms with E-state index in [1.165, 1.54) is 23.6 Å². The Morgan fingerprint density at radius 3 is 2.88 bits per heavy atom. The van der Waals surface area contributed by atoms with E-state index >= 15 is 0 Å². The van der Waals surface area contributed by atoms with Crippen molar-refractivity contribution >= 4 is 28.9 Å². The highest BCUT2D eigenvalue weighted by molar-refractivity contribution is 7.09. The van der Waals surface area contributed by atoms with Crippen LogP contribution < -0.4 is 14.9 Å². The Kier molecular flexibility index (Phi) is 6.78. The SMILES string of the molecule is CCOC(=O)c1cn2c(cc1=O)-c1cc(Cl)c(OCCCOC)cc1OC2c1nccs1. The van der Waals surface area contributed by atoms with Gasteiger partial charge in [0, 0.05) is 55.6 Å². The number of thiazole rings is 1. The van der Waals surface area contributed by atoms with Gasteiger partial charge in [0.1, 0.15) is 17.1 Å². The van der Waals surface area contributed by atoms with Gasteiger partial charge < -0.3 is 23.5 Å². The van der Waals surface area contributed by atoms with Crippen LogP contribution in [0.2, 0.25) is 5.02 Å². The van der Waals surface area contributed by atoms with Crippen LogP contribution in [-0.4, -0.2) is 42.5 Å². The summed E-state index contributed by atoms with van der Waals surface area (Å²) in [4.78, 5) is 29.4. The average molecular weight is 477 g/mol. The number of hydrogen-bond donors (Lipinski definition) is 0. The Morgan fingerprint density at radius 1 is 1.31 bits per heavy atom. The standard InChI is InChI=1S/C22H21ClN2O6S/c1-3-29-22(27)14-12-25-16(10-17(14)26)13-9-15(23)19(30-7-4-6-28-2)11-18(13)31-21(25)20-24-5-8-32-20/h5,8-12,21H,3-4,6-7H2,1-2H3. The third kappa shape index (κ3) is 4.36. The predicted octanol–water partition coefficient (Wildman–Crippen LogP) is 4.16. The van der Waals surface area contributed by atoms with Gasteiger partial charge in [-0.15, -0.1) is 11.3 Å². The minimum atomic E-state index is -0.686. The lowest BCUT2D eigenvalue weighted by molar-refractivity contribution is 0.0522. The summed E-state index contributed by atoms with van der Waals surface area (Å²) in [5.41, 5.74) is 0.641. The molecule has 0 saturated heterocycles. The van der Waals surface area contributed by atoms with Crippen molar-refractivity contribution < 1.29 is 23.7 Å². The zero-order valence-corrected chi connectivity index (χ0v) is 19.1. The molecule has 1 unspecified atom stereocenters. The van der Waals surface area contributed by atoms with Crippen LogP contribution in [0.3, 0.4) is 0 Å². The molecular formula is C22H21ClN2O6S. The fourth-order valence-corrected chi connectivity index (χ4v) is 4.23. The molecule has 0 bridgehead atoms. The second kappa shape index (κ2) is 9.72. The molecule has 0 spiro atoms. The number of esters is 1. The number of benzene rings is 1. The van der Waals surface area contributed by atoms with E-state index in [2.05, 4.69) is 4.98 Å². The number of fused-ring (bicyclic) bond motifs is 3. The molecule has 0 fully saturated rings. The highest BCUT2D eigenvalue weighted by Crippen LogP contribution is 2.44. The summed E-state index contributed by atoms with van der Waals surface area (Å²) in [5.74, 6) is 0.285. The summed E-state index contributed by atoms with van der Waals surface area (Å²) >= 11 is 7.86. The molecule has 1 aliphatic rings. The number of aromatic nitrogens is 2. The third-order valence-electron chi connectivity index (χ3n) is 4.79. The van der Waals surface area contributed by atoms with Gasteiger partial charge in [0.2, 0.25) is 6.23 Å². The molecule has 8 nitrogen and oxygen atoms in total. The first-order valence-electron chi connectivity index (χ1n) is 9.98. The van der Waals surface area contributed by atoms with E-state index in [-0.39, 0.29) is 12.2 Å². The van der Waals surface area contributed by atoms with Crippen LogP contribution in [0.15, 0.2) is 40.8 Å². The van der Waals surface area contributed by atoms with E-state index in [0.29, 0.717) is 52.4 Å². The van der Waals surface area contributed by atoms with E-state index in [0.717, 1.165) is 0 Å². The lowest BCUT2D eigenvalue weighted by Gasteiger charge is -2.30. The number of halogens is 1. The highest BCUT2D eigenvalue weighted by atomic mass is 35.5. The number of hydrogen-bond acceptors (Lipinski definition) is 8. The zero-order chi connectivity index (χ0) is 22.7. The topological polar surface area (TPSA) is 88.9 Å². The Morgan fingerprint density at radius 2 is 2.16 bits per heavy atom. The van der Waals surface area contributed by atoms with Crippen molar-refractivity contribution in [3.05, 3.63) is 61.8 Å². The smallest absolute Gasteiger partial charge is 0.343 e. The first-order valence-corrected chi connectivity index (χ1v) is 11.2. The normalized spacial score (nSPS) is 14.3. The second-order valence-electron chi connectivity index (χ2n) is 6.88. The Labute approximate surface area is 193 Å². The van der Waals surface area contributed by atoms with Crippen LogP contribution >= 0.6 is 22.9 Å². The van der Waals surface area contributed by atoms with E-state index in [4.69, 9.17) is 30.5 Å². The molecule has 32 heavy (non-hydrogen) atoms. The van der Waals surface area contributed by atoms with Crippen molar-refractivity contribution in [2.75, 3.05) is 26.9 Å². The molecule has 1 aromatic carbocycles. The summed E-state index contributed by atoms with van der Waals surface area (Å²) < 4.78 is 23.8. The molecule has 168 valence electrons. The van der Waals surface area contributed by atoms with Crippen LogP contribution in [0.1, 0.15) is 34.9 Å². The van der Waals surface area contributed by atoms with Gasteiger partial charge in [-0.1, -0.05) is 11.6 Å². The molecule has 0 amide bonds. The number of rotatable bonds is 8. The molecule has 4 rings (SSSR count). The monoisotopic (exact) mass is 476 g/mol. The van der Waals surface area contributed by atoms with E-state index in [9.17, 15) is 9.59 Å². The molecule has 10 heteroatoms. The van der Waals surface area contributed by atoms with E-state index < -0.39 is 17.6 Å². The fourth-order valence-electron chi connectivity index (χ4n) is 3.35. The minimum Gasteiger partial charge on any atom is -0.492 e. The molecule has 1 atom stereocenters. The number of methoxy groups -OCH3 is 1. The van der Waals surface area contributed by atoms with Gasteiger partial charge in [0.25, 0.3) is 0 Å². The van der Waals surface area contributed by atoms with Crippen molar-refractivity contribution in [1.82, 2.24) is 9.55 Å². The number of carbonyl (C=O) groups excluding carboxylic acids is 1. The number of ether oxygens (including phenoxy) is 4. The highest BCUT2D eigenvalue weighted by Gasteiger charge is 2.31. The van der Waals surface area contributed by atoms with Crippen LogP contribution in [0.5, 0.6) is 11.5 Å². The lowest BCUT2D eigenvalue weighted by Crippen LogP contribution is -2.28. The van der Waals surface area contributed by atoms with Crippen LogP contribution in [-0.2, 0) is 9.47 Å². The second-order valence-corrected chi connectivity index (χ2v) is 8.21. The quantitative estimate of drug-likeness (QED) is 0.356. The number of carbonyl (C=O) groups is 1. The number of nitrogens with zero attached hydrogens (tertiary/aromatic N) is 2. The minimum absolute atomic E-state index is 0.0756. The number of pyridine rings is 1. The fraction of sp³-hybridized carbons (Fsp3) is 0.318. The van der Waals surface area contributed by atoms with E-state index in [1.54, 1.807) is 36.9 Å². The molecule has 3 aromatic rings. The lowest BCUT2D eigenvalue weighted by atomic mass is 10.1. The largest absolute Gasteiger partial charge is 0.492 e. The molecule has 3 heterocycles. The molecule has 1 aliphatic heterocycles. The Hall–Kier alpha value is -2.88. The summed E-state index contributed by atoms with van der Waals surface area (Å²) in [6.45, 7) is 2.85. The predicted molar refractivity (Wildman–Crippen MR) is 120 cm³/mol. The van der Waals surface area contributed by atoms with Crippen LogP contribution in [0.25, 0.3) is 11.3 Å². The summed E-state index contributed by atoms with van der Waals surface area (Å²) in [5, 5.41) is 2.87. The maximum atomic E-state index is 12.7. The van der Waals surface area contributed by atoms with Crippen molar-refractivity contribution in [2.24, 2.45) is 0 Å². The first-order chi connectivity index (χ1) is 15.5. The Balaban J connectivity index is 1.80. The Bertz CT molecular complexity index is 1180. The van der Waals surface area contributed by atoms with Crippen molar-refractivity contribution in [3.63, 3.8) is 0 Å². The summed E-state index contributed by atoms with van der Waals surface area (Å²) in [7, 11) is 1.63. The van der Waals surface area contributed by atoms with Gasteiger partial charge in [-0.3, -0.25) is 4.79 Å². The van der Waals surface area contributed by atoms with Crippen LogP contribution in [0.4, 0.5) is 0 Å². The molecule has 0 radical (unpaired) electrons. The molecule has 0 saturated carbocycles. The van der Waals surface area contributed by atoms with Gasteiger partial charge in [-0.05, 0) is 13.0 Å². The van der Waals surface area contributed by atoms with Gasteiger partial charge in [0.15, 0.2) is 10.4 Å². The van der Waals surface area contributed by atoms with E-state index in [1.807, 2.05) is 5.38 Å². The van der Waals surface area contributed by atoms with Gasteiger partial charge in [-0.25, -0.2) is 9.78 Å². The molecule has 0 N–H and O–H groups in total. The maximum absolute atomic E-state index is 12.7. The molecule has 2 aromatic heterocycles. The maximum Gasteiger partial charge on any atom is 0.343 e. The molecule has 0 aliphatic carbocycles. The van der Waals surface area contributed by atoms with Crippen molar-refractivity contribution in [2.45, 2.75) is 19.6 Å². The van der Waals surface area contributed by atoms with Crippen LogP contribution in [0, 0.1) is 0 Å². The summed E-state index contributed by atoms with van der Waals surface area (Å²) in [6, 6.07) is 4.79. The van der Waals surface area contributed by atoms with Crippen molar-refractivity contribution in [1.29, 1.82) is 0 Å². The molecular weight excluding hydrogens is 456 g/mol. The zero-order valence-electron chi connectivity index (χ0n) is 17.5. The first kappa shape index (κ1) is 22.3.